The average molecular weight is 397 g/mol. The highest BCUT2D eigenvalue weighted by Crippen LogP contribution is 2.37. The number of nitro groups is 1. The number of aryl methyl sites for hydroxylation is 1. The maximum atomic E-state index is 13.1. The second-order valence-electron chi connectivity index (χ2n) is 6.12. The molecule has 0 aliphatic heterocycles. The Hall–Kier alpha value is -4.01. The van der Waals surface area contributed by atoms with Crippen LogP contribution in [0.4, 0.5) is 5.69 Å². The van der Waals surface area contributed by atoms with Crippen molar-refractivity contribution in [3.05, 3.63) is 62.5 Å². The topological polar surface area (TPSA) is 126 Å². The van der Waals surface area contributed by atoms with Crippen LogP contribution >= 0.6 is 0 Å². The average Bonchev–Trinajstić information content (AvgIpc) is 2.63. The number of carbonyl (C=O) groups is 2. The predicted molar refractivity (Wildman–Crippen MR) is 102 cm³/mol. The molecule has 0 radical (unpaired) electrons. The molecule has 0 atom stereocenters. The van der Waals surface area contributed by atoms with Gasteiger partial charge in [0.05, 0.1) is 15.9 Å². The molecule has 148 valence electrons. The summed E-state index contributed by atoms with van der Waals surface area (Å²) in [7, 11) is 0. The third kappa shape index (κ3) is 3.84. The Bertz CT molecular complexity index is 1210. The van der Waals surface area contributed by atoms with Gasteiger partial charge in [0.25, 0.3) is 5.69 Å². The second kappa shape index (κ2) is 7.55. The molecule has 0 aliphatic carbocycles. The molecule has 0 amide bonds. The van der Waals surface area contributed by atoms with Crippen LogP contribution in [0.5, 0.6) is 11.5 Å². The summed E-state index contributed by atoms with van der Waals surface area (Å²) in [4.78, 5) is 46.2. The number of esters is 2. The normalized spacial score (nSPS) is 10.6. The lowest BCUT2D eigenvalue weighted by molar-refractivity contribution is -0.384. The SMILES string of the molecule is CC(=O)Oc1ccc2c(=O)c(-c3ccc([N+](=O)[O-])cc3)c(C)oc2c1OC(C)=O. The molecule has 9 heteroatoms. The van der Waals surface area contributed by atoms with Gasteiger partial charge in [-0.3, -0.25) is 24.5 Å². The molecule has 29 heavy (non-hydrogen) atoms. The summed E-state index contributed by atoms with van der Waals surface area (Å²) in [5, 5.41) is 10.9. The lowest BCUT2D eigenvalue weighted by Crippen LogP contribution is -2.11. The van der Waals surface area contributed by atoms with Crippen LogP contribution in [0, 0.1) is 17.0 Å². The fraction of sp³-hybridized carbons (Fsp3) is 0.150. The summed E-state index contributed by atoms with van der Waals surface area (Å²) in [6.45, 7) is 3.88. The van der Waals surface area contributed by atoms with E-state index in [0.29, 0.717) is 5.56 Å². The molecule has 0 fully saturated rings. The van der Waals surface area contributed by atoms with Crippen molar-refractivity contribution in [1.82, 2.24) is 0 Å². The van der Waals surface area contributed by atoms with Gasteiger partial charge in [-0.2, -0.15) is 0 Å². The molecule has 0 saturated heterocycles. The Morgan fingerprint density at radius 1 is 1.00 bits per heavy atom. The smallest absolute Gasteiger partial charge is 0.308 e. The maximum Gasteiger partial charge on any atom is 0.308 e. The molecule has 2 aromatic carbocycles. The Morgan fingerprint density at radius 2 is 1.62 bits per heavy atom. The Kier molecular flexibility index (Phi) is 5.14. The van der Waals surface area contributed by atoms with Crippen molar-refractivity contribution in [3.8, 4) is 22.6 Å². The molecular formula is C20H15NO8. The minimum absolute atomic E-state index is 0.0490. The largest absolute Gasteiger partial charge is 0.456 e. The Labute approximate surface area is 163 Å². The zero-order valence-electron chi connectivity index (χ0n) is 15.7. The van der Waals surface area contributed by atoms with Crippen LogP contribution in [0.1, 0.15) is 19.6 Å². The first-order valence-corrected chi connectivity index (χ1v) is 8.41. The van der Waals surface area contributed by atoms with E-state index in [1.165, 1.54) is 50.2 Å². The quantitative estimate of drug-likeness (QED) is 0.283. The molecule has 3 rings (SSSR count). The summed E-state index contributed by atoms with van der Waals surface area (Å²) in [6.07, 6.45) is 0. The number of non-ortho nitro benzene ring substituents is 1. The van der Waals surface area contributed by atoms with Gasteiger partial charge in [0.2, 0.25) is 11.2 Å². The number of carbonyl (C=O) groups excluding carboxylic acids is 2. The van der Waals surface area contributed by atoms with Crippen LogP contribution in [0.15, 0.2) is 45.6 Å². The number of nitrogens with zero attached hydrogens (tertiary/aromatic N) is 1. The van der Waals surface area contributed by atoms with Crippen molar-refractivity contribution in [2.45, 2.75) is 20.8 Å². The minimum Gasteiger partial charge on any atom is -0.456 e. The van der Waals surface area contributed by atoms with Crippen molar-refractivity contribution in [1.29, 1.82) is 0 Å². The van der Waals surface area contributed by atoms with E-state index in [-0.39, 0.29) is 39.5 Å². The van der Waals surface area contributed by atoms with Crippen molar-refractivity contribution in [2.24, 2.45) is 0 Å². The van der Waals surface area contributed by atoms with E-state index in [4.69, 9.17) is 13.9 Å². The van der Waals surface area contributed by atoms with Gasteiger partial charge in [0.1, 0.15) is 5.76 Å². The van der Waals surface area contributed by atoms with Crippen molar-refractivity contribution in [3.63, 3.8) is 0 Å². The van der Waals surface area contributed by atoms with Crippen LogP contribution in [0.2, 0.25) is 0 Å². The van der Waals surface area contributed by atoms with Crippen LogP contribution < -0.4 is 14.9 Å². The molecule has 0 bridgehead atoms. The molecule has 0 aliphatic rings. The molecule has 3 aromatic rings. The van der Waals surface area contributed by atoms with E-state index < -0.39 is 22.3 Å². The lowest BCUT2D eigenvalue weighted by atomic mass is 10.0. The monoisotopic (exact) mass is 397 g/mol. The number of hydrogen-bond donors (Lipinski definition) is 0. The number of ether oxygens (including phenoxy) is 2. The van der Waals surface area contributed by atoms with Gasteiger partial charge in [0.15, 0.2) is 11.3 Å². The van der Waals surface area contributed by atoms with Crippen LogP contribution in [-0.2, 0) is 9.59 Å². The summed E-state index contributed by atoms with van der Waals surface area (Å²) < 4.78 is 15.9. The van der Waals surface area contributed by atoms with Gasteiger partial charge in [-0.05, 0) is 36.8 Å². The van der Waals surface area contributed by atoms with Crippen LogP contribution in [0.25, 0.3) is 22.1 Å². The van der Waals surface area contributed by atoms with Gasteiger partial charge < -0.3 is 13.9 Å². The van der Waals surface area contributed by atoms with E-state index in [0.717, 1.165) is 6.92 Å². The zero-order chi connectivity index (χ0) is 21.3. The summed E-state index contributed by atoms with van der Waals surface area (Å²) in [5.41, 5.74) is 0.0514. The highest BCUT2D eigenvalue weighted by atomic mass is 16.6. The predicted octanol–water partition coefficient (Wildman–Crippen LogP) is 3.53. The number of rotatable bonds is 4. The number of fused-ring (bicyclic) bond motifs is 1. The Morgan fingerprint density at radius 3 is 2.17 bits per heavy atom. The maximum absolute atomic E-state index is 13.1. The third-order valence-electron chi connectivity index (χ3n) is 4.02. The van der Waals surface area contributed by atoms with E-state index in [2.05, 4.69) is 0 Å². The fourth-order valence-electron chi connectivity index (χ4n) is 2.88. The van der Waals surface area contributed by atoms with Gasteiger partial charge in [-0.25, -0.2) is 0 Å². The summed E-state index contributed by atoms with van der Waals surface area (Å²) in [6, 6.07) is 8.18. The van der Waals surface area contributed by atoms with Gasteiger partial charge >= 0.3 is 11.9 Å². The second-order valence-corrected chi connectivity index (χ2v) is 6.12. The van der Waals surface area contributed by atoms with Crippen molar-refractivity contribution >= 4 is 28.6 Å². The van der Waals surface area contributed by atoms with Gasteiger partial charge in [0, 0.05) is 26.0 Å². The standard InChI is InChI=1S/C20H15NO8/c1-10-17(13-4-6-14(7-5-13)21(25)26)18(24)15-8-9-16(28-11(2)22)20(19(15)27-10)29-12(3)23/h4-9H,1-3H3. The number of nitro benzene ring substituents is 1. The molecule has 0 N–H and O–H groups in total. The third-order valence-corrected chi connectivity index (χ3v) is 4.02. The molecule has 1 aromatic heterocycles. The van der Waals surface area contributed by atoms with Crippen molar-refractivity contribution < 1.29 is 28.4 Å². The van der Waals surface area contributed by atoms with E-state index in [1.54, 1.807) is 0 Å². The molecular weight excluding hydrogens is 382 g/mol. The first kappa shape index (κ1) is 19.7. The summed E-state index contributed by atoms with van der Waals surface area (Å²) in [5.74, 6) is -1.37. The van der Waals surface area contributed by atoms with Crippen molar-refractivity contribution in [2.75, 3.05) is 0 Å². The molecule has 1 heterocycles. The summed E-state index contributed by atoms with van der Waals surface area (Å²) >= 11 is 0. The lowest BCUT2D eigenvalue weighted by Gasteiger charge is -2.13. The van der Waals surface area contributed by atoms with Crippen LogP contribution in [-0.4, -0.2) is 16.9 Å². The molecule has 0 saturated carbocycles. The van der Waals surface area contributed by atoms with Crippen LogP contribution in [0.3, 0.4) is 0 Å². The highest BCUT2D eigenvalue weighted by molar-refractivity contribution is 5.91. The Balaban J connectivity index is 2.26. The number of hydrogen-bond acceptors (Lipinski definition) is 8. The first-order valence-electron chi connectivity index (χ1n) is 8.41. The fourth-order valence-corrected chi connectivity index (χ4v) is 2.88. The molecule has 0 spiro atoms. The highest BCUT2D eigenvalue weighted by Gasteiger charge is 2.22. The van der Waals surface area contributed by atoms with Gasteiger partial charge in [-0.1, -0.05) is 0 Å². The molecule has 0 unspecified atom stereocenters. The molecule has 9 nitrogen and oxygen atoms in total. The van der Waals surface area contributed by atoms with E-state index in [1.807, 2.05) is 0 Å². The van der Waals surface area contributed by atoms with E-state index in [9.17, 15) is 24.5 Å². The van der Waals surface area contributed by atoms with E-state index >= 15 is 0 Å². The minimum atomic E-state index is -0.689. The first-order chi connectivity index (χ1) is 13.7. The van der Waals surface area contributed by atoms with Gasteiger partial charge in [-0.15, -0.1) is 0 Å². The zero-order valence-corrected chi connectivity index (χ0v) is 15.7. The number of benzene rings is 2.